The van der Waals surface area contributed by atoms with Crippen molar-refractivity contribution in [1.29, 1.82) is 0 Å². The smallest absolute Gasteiger partial charge is 0.477 e. The van der Waals surface area contributed by atoms with Gasteiger partial charge in [-0.25, -0.2) is 18.0 Å². The Morgan fingerprint density at radius 3 is 2.38 bits per heavy atom. The molecule has 127 valence electrons. The van der Waals surface area contributed by atoms with E-state index in [-0.39, 0.29) is 22.9 Å². The van der Waals surface area contributed by atoms with Crippen LogP contribution in [0.25, 0.3) is 10.9 Å². The predicted octanol–water partition coefficient (Wildman–Crippen LogP) is 3.03. The standard InChI is InChI=1S/C14H10F3NO3.BF2/c1-5-11(17)9(16)2-6-12(5)18(10-3-8(10)15)4-7(13(6)19)14(20)21;2-1-3/h2,4,8,10H,3H2,1H3,(H,20,21);/t8-,10+;/m0./s1. The Morgan fingerprint density at radius 1 is 1.38 bits per heavy atom. The summed E-state index contributed by atoms with van der Waals surface area (Å²) < 4.78 is 60.8. The van der Waals surface area contributed by atoms with Crippen molar-refractivity contribution < 1.29 is 31.7 Å². The number of pyridine rings is 1. The minimum atomic E-state index is -1.49. The van der Waals surface area contributed by atoms with Crippen LogP contribution in [0.5, 0.6) is 0 Å². The quantitative estimate of drug-likeness (QED) is 0.672. The summed E-state index contributed by atoms with van der Waals surface area (Å²) in [7, 11) is -1.00. The molecule has 10 heteroatoms. The van der Waals surface area contributed by atoms with Crippen LogP contribution in [0.15, 0.2) is 17.1 Å². The van der Waals surface area contributed by atoms with Crippen LogP contribution in [0.4, 0.5) is 21.8 Å². The van der Waals surface area contributed by atoms with Gasteiger partial charge < -0.3 is 9.67 Å². The third-order valence-electron chi connectivity index (χ3n) is 3.70. The Labute approximate surface area is 132 Å². The highest BCUT2D eigenvalue weighted by molar-refractivity contribution is 6.15. The summed E-state index contributed by atoms with van der Waals surface area (Å²) in [6.45, 7) is 1.27. The number of nitrogens with zero attached hydrogens (tertiary/aromatic N) is 1. The molecule has 1 N–H and O–H groups in total. The van der Waals surface area contributed by atoms with Gasteiger partial charge in [0.05, 0.1) is 11.6 Å². The lowest BCUT2D eigenvalue weighted by atomic mass is 10.1. The van der Waals surface area contributed by atoms with Crippen molar-refractivity contribution in [2.75, 3.05) is 0 Å². The van der Waals surface area contributed by atoms with Crippen molar-refractivity contribution in [3.63, 3.8) is 0 Å². The number of halogens is 5. The number of rotatable bonds is 2. The number of aromatic carboxylic acids is 1. The molecule has 0 amide bonds. The highest BCUT2D eigenvalue weighted by Gasteiger charge is 2.40. The van der Waals surface area contributed by atoms with Crippen LogP contribution in [0.2, 0.25) is 0 Å². The summed E-state index contributed by atoms with van der Waals surface area (Å²) in [5.41, 5.74) is -1.61. The van der Waals surface area contributed by atoms with Gasteiger partial charge in [0.1, 0.15) is 11.7 Å². The molecule has 3 rings (SSSR count). The van der Waals surface area contributed by atoms with Gasteiger partial charge in [0, 0.05) is 23.6 Å². The van der Waals surface area contributed by atoms with Crippen LogP contribution < -0.4 is 5.43 Å². The maximum Gasteiger partial charge on any atom is 0.577 e. The number of fused-ring (bicyclic) bond motifs is 1. The third-order valence-corrected chi connectivity index (χ3v) is 3.70. The number of aromatic nitrogens is 1. The van der Waals surface area contributed by atoms with Crippen molar-refractivity contribution in [2.24, 2.45) is 0 Å². The molecule has 1 aliphatic carbocycles. The average molecular weight is 346 g/mol. The van der Waals surface area contributed by atoms with E-state index in [1.54, 1.807) is 0 Å². The fourth-order valence-electron chi connectivity index (χ4n) is 2.51. The molecule has 0 unspecified atom stereocenters. The molecule has 0 aliphatic heterocycles. The van der Waals surface area contributed by atoms with Crippen LogP contribution in [0.3, 0.4) is 0 Å². The highest BCUT2D eigenvalue weighted by atomic mass is 19.2. The zero-order chi connectivity index (χ0) is 18.2. The molecular formula is C14H10BF5NO3. The first-order valence-corrected chi connectivity index (χ1v) is 6.67. The number of carboxylic acid groups (broad SMARTS) is 1. The molecule has 1 aromatic carbocycles. The molecular weight excluding hydrogens is 336 g/mol. The van der Waals surface area contributed by atoms with Crippen molar-refractivity contribution in [2.45, 2.75) is 25.6 Å². The monoisotopic (exact) mass is 346 g/mol. The Hall–Kier alpha value is -2.39. The van der Waals surface area contributed by atoms with E-state index in [0.29, 0.717) is 6.07 Å². The normalized spacial score (nSPS) is 18.8. The minimum absolute atomic E-state index is 0.0362. The van der Waals surface area contributed by atoms with E-state index in [0.717, 1.165) is 6.20 Å². The van der Waals surface area contributed by atoms with Crippen LogP contribution in [-0.4, -0.2) is 29.6 Å². The van der Waals surface area contributed by atoms with Gasteiger partial charge in [-0.1, -0.05) is 0 Å². The highest BCUT2D eigenvalue weighted by Crippen LogP contribution is 2.41. The Kier molecular flexibility index (Phi) is 4.95. The van der Waals surface area contributed by atoms with Gasteiger partial charge in [-0.2, -0.15) is 0 Å². The molecule has 1 saturated carbocycles. The lowest BCUT2D eigenvalue weighted by molar-refractivity contribution is 0.0694. The van der Waals surface area contributed by atoms with Gasteiger partial charge in [0.15, 0.2) is 11.6 Å². The molecule has 1 heterocycles. The van der Waals surface area contributed by atoms with Gasteiger partial charge >= 0.3 is 13.8 Å². The Morgan fingerprint density at radius 2 is 1.92 bits per heavy atom. The van der Waals surface area contributed by atoms with E-state index in [4.69, 9.17) is 5.11 Å². The summed E-state index contributed by atoms with van der Waals surface area (Å²) in [6.07, 6.45) is -0.0401. The molecule has 4 nitrogen and oxygen atoms in total. The minimum Gasteiger partial charge on any atom is -0.477 e. The van der Waals surface area contributed by atoms with E-state index in [1.165, 1.54) is 11.5 Å². The van der Waals surface area contributed by atoms with Crippen molar-refractivity contribution in [3.8, 4) is 0 Å². The summed E-state index contributed by atoms with van der Waals surface area (Å²) in [5.74, 6) is -3.86. The molecule has 24 heavy (non-hydrogen) atoms. The molecule has 0 saturated heterocycles. The number of carbonyl (C=O) groups is 1. The summed E-state index contributed by atoms with van der Waals surface area (Å²) in [6, 6.07) is 0.00761. The fourth-order valence-corrected chi connectivity index (χ4v) is 2.51. The zero-order valence-electron chi connectivity index (χ0n) is 12.2. The number of alkyl halides is 1. The van der Waals surface area contributed by atoms with E-state index >= 15 is 0 Å². The predicted molar refractivity (Wildman–Crippen MR) is 76.3 cm³/mol. The first kappa shape index (κ1) is 18.0. The fraction of sp³-hybridized carbons (Fsp3) is 0.286. The van der Waals surface area contributed by atoms with Crippen LogP contribution in [0.1, 0.15) is 28.4 Å². The van der Waals surface area contributed by atoms with Crippen molar-refractivity contribution in [3.05, 3.63) is 45.2 Å². The van der Waals surface area contributed by atoms with E-state index < -0.39 is 48.6 Å². The SMILES string of the molecule is Cc1c(F)c(F)cc2c(=O)c(C(=O)O)cn([C@@H]3C[C@@H]3F)c12.F[B]F. The van der Waals surface area contributed by atoms with Crippen LogP contribution >= 0.6 is 0 Å². The van der Waals surface area contributed by atoms with E-state index in [2.05, 4.69) is 0 Å². The Balaban J connectivity index is 0.000000647. The second-order valence-electron chi connectivity index (χ2n) is 5.18. The van der Waals surface area contributed by atoms with Crippen LogP contribution in [-0.2, 0) is 0 Å². The molecule has 0 bridgehead atoms. The number of hydrogen-bond acceptors (Lipinski definition) is 2. The molecule has 2 aromatic rings. The largest absolute Gasteiger partial charge is 0.577 e. The average Bonchev–Trinajstić information content (AvgIpc) is 3.23. The number of carboxylic acids is 1. The number of hydrogen-bond donors (Lipinski definition) is 1. The topological polar surface area (TPSA) is 59.3 Å². The van der Waals surface area contributed by atoms with E-state index in [9.17, 15) is 31.4 Å². The van der Waals surface area contributed by atoms with Gasteiger partial charge in [-0.05, 0) is 13.0 Å². The third kappa shape index (κ3) is 3.00. The number of benzene rings is 1. The lowest BCUT2D eigenvalue weighted by Crippen LogP contribution is -2.20. The molecule has 2 atom stereocenters. The van der Waals surface area contributed by atoms with Gasteiger partial charge in [0.25, 0.3) is 0 Å². The summed E-state index contributed by atoms with van der Waals surface area (Å²) in [4.78, 5) is 23.2. The van der Waals surface area contributed by atoms with Gasteiger partial charge in [-0.15, -0.1) is 0 Å². The first-order valence-electron chi connectivity index (χ1n) is 6.67. The first-order chi connectivity index (χ1) is 11.2. The van der Waals surface area contributed by atoms with Crippen LogP contribution in [0, 0.1) is 18.6 Å². The molecule has 1 radical (unpaired) electrons. The lowest BCUT2D eigenvalue weighted by Gasteiger charge is -2.14. The second kappa shape index (κ2) is 6.62. The van der Waals surface area contributed by atoms with Gasteiger partial charge in [0.2, 0.25) is 5.43 Å². The maximum absolute atomic E-state index is 13.7. The van der Waals surface area contributed by atoms with Gasteiger partial charge in [-0.3, -0.25) is 13.4 Å². The second-order valence-corrected chi connectivity index (χ2v) is 5.18. The van der Waals surface area contributed by atoms with Crippen molar-refractivity contribution in [1.82, 2.24) is 4.57 Å². The zero-order valence-corrected chi connectivity index (χ0v) is 12.2. The molecule has 1 aromatic heterocycles. The van der Waals surface area contributed by atoms with E-state index in [1.807, 2.05) is 0 Å². The summed E-state index contributed by atoms with van der Waals surface area (Å²) in [5, 5.41) is 8.78. The molecule has 1 aliphatic rings. The maximum atomic E-state index is 13.7. The molecule has 0 spiro atoms. The summed E-state index contributed by atoms with van der Waals surface area (Å²) >= 11 is 0. The Bertz CT molecular complexity index is 870. The molecule has 1 fully saturated rings. The van der Waals surface area contributed by atoms with Crippen molar-refractivity contribution >= 4 is 24.7 Å². The number of aryl methyl sites for hydroxylation is 1.